The van der Waals surface area contributed by atoms with Crippen LogP contribution in [0.2, 0.25) is 5.02 Å². The Morgan fingerprint density at radius 3 is 2.57 bits per heavy atom. The summed E-state index contributed by atoms with van der Waals surface area (Å²) in [6.07, 6.45) is 3.64. The first kappa shape index (κ1) is 17.3. The maximum Gasteiger partial charge on any atom is 0.317 e. The monoisotopic (exact) mass is 334 g/mol. The smallest absolute Gasteiger partial charge is 0.317 e. The van der Waals surface area contributed by atoms with Crippen molar-refractivity contribution in [1.82, 2.24) is 20.0 Å². The first-order valence-corrected chi connectivity index (χ1v) is 8.00. The number of nitrogens with zero attached hydrogens (tertiary/aromatic N) is 3. The van der Waals surface area contributed by atoms with Crippen LogP contribution in [0.4, 0.5) is 4.79 Å². The first-order valence-electron chi connectivity index (χ1n) is 7.62. The molecule has 0 unspecified atom stereocenters. The lowest BCUT2D eigenvalue weighted by Gasteiger charge is -2.30. The molecule has 0 aliphatic carbocycles. The van der Waals surface area contributed by atoms with Gasteiger partial charge in [-0.1, -0.05) is 30.7 Å². The third kappa shape index (κ3) is 4.48. The molecule has 2 atom stereocenters. The van der Waals surface area contributed by atoms with Crippen molar-refractivity contribution in [2.24, 2.45) is 7.05 Å². The Morgan fingerprint density at radius 2 is 2.00 bits per heavy atom. The van der Waals surface area contributed by atoms with E-state index in [0.717, 1.165) is 16.1 Å². The molecule has 6 heteroatoms. The summed E-state index contributed by atoms with van der Waals surface area (Å²) in [6, 6.07) is 7.73. The fraction of sp³-hybridized carbons (Fsp3) is 0.412. The highest BCUT2D eigenvalue weighted by Gasteiger charge is 2.22. The number of nitrogens with one attached hydrogen (secondary N) is 1. The van der Waals surface area contributed by atoms with E-state index in [0.29, 0.717) is 6.54 Å². The van der Waals surface area contributed by atoms with Crippen molar-refractivity contribution in [3.63, 3.8) is 0 Å². The van der Waals surface area contributed by atoms with E-state index in [1.165, 1.54) is 0 Å². The summed E-state index contributed by atoms with van der Waals surface area (Å²) in [5.41, 5.74) is 2.14. The Labute approximate surface area is 142 Å². The second-order valence-corrected chi connectivity index (χ2v) is 6.31. The Balaban J connectivity index is 1.93. The summed E-state index contributed by atoms with van der Waals surface area (Å²) in [7, 11) is 3.67. The minimum absolute atomic E-state index is 0.0603. The number of halogens is 1. The van der Waals surface area contributed by atoms with Crippen LogP contribution in [0.5, 0.6) is 0 Å². The molecule has 23 heavy (non-hydrogen) atoms. The van der Waals surface area contributed by atoms with E-state index in [1.54, 1.807) is 15.8 Å². The second-order valence-electron chi connectivity index (χ2n) is 5.87. The fourth-order valence-electron chi connectivity index (χ4n) is 2.43. The highest BCUT2D eigenvalue weighted by Crippen LogP contribution is 2.23. The van der Waals surface area contributed by atoms with E-state index in [4.69, 9.17) is 11.6 Å². The van der Waals surface area contributed by atoms with Gasteiger partial charge in [0.25, 0.3) is 0 Å². The number of amides is 2. The van der Waals surface area contributed by atoms with E-state index in [2.05, 4.69) is 17.3 Å². The zero-order chi connectivity index (χ0) is 17.0. The van der Waals surface area contributed by atoms with Gasteiger partial charge in [0.2, 0.25) is 0 Å². The number of benzene rings is 1. The standard InChI is InChI=1S/C17H23ClN4O/c1-12(15-5-7-16(18)8-6-15)13(2)22(4)17(23)19-9-14-10-20-21(3)11-14/h5-8,10-13H,9H2,1-4H3,(H,19,23)/t12-,13+/m1/s1. The number of hydrogen-bond acceptors (Lipinski definition) is 2. The number of carbonyl (C=O) groups is 1. The molecule has 5 nitrogen and oxygen atoms in total. The summed E-state index contributed by atoms with van der Waals surface area (Å²) < 4.78 is 1.72. The lowest BCUT2D eigenvalue weighted by atomic mass is 9.94. The number of likely N-dealkylation sites (N-methyl/N-ethyl adjacent to an activating group) is 1. The topological polar surface area (TPSA) is 50.2 Å². The van der Waals surface area contributed by atoms with Gasteiger partial charge in [0, 0.05) is 49.4 Å². The summed E-state index contributed by atoms with van der Waals surface area (Å²) in [5.74, 6) is 0.210. The van der Waals surface area contributed by atoms with Crippen molar-refractivity contribution in [2.75, 3.05) is 7.05 Å². The largest absolute Gasteiger partial charge is 0.334 e. The lowest BCUT2D eigenvalue weighted by Crippen LogP contribution is -2.44. The maximum absolute atomic E-state index is 12.3. The van der Waals surface area contributed by atoms with Gasteiger partial charge >= 0.3 is 6.03 Å². The van der Waals surface area contributed by atoms with Crippen LogP contribution in [-0.4, -0.2) is 33.8 Å². The van der Waals surface area contributed by atoms with Crippen LogP contribution in [0.1, 0.15) is 30.9 Å². The van der Waals surface area contributed by atoms with Crippen molar-refractivity contribution in [2.45, 2.75) is 32.4 Å². The van der Waals surface area contributed by atoms with E-state index in [1.807, 2.05) is 51.5 Å². The minimum Gasteiger partial charge on any atom is -0.334 e. The molecule has 1 aromatic carbocycles. The number of rotatable bonds is 5. The summed E-state index contributed by atoms with van der Waals surface area (Å²) in [4.78, 5) is 14.1. The quantitative estimate of drug-likeness (QED) is 0.911. The zero-order valence-electron chi connectivity index (χ0n) is 14.0. The lowest BCUT2D eigenvalue weighted by molar-refractivity contribution is 0.187. The molecule has 2 amide bonds. The van der Waals surface area contributed by atoms with Crippen LogP contribution in [-0.2, 0) is 13.6 Å². The SMILES string of the molecule is C[C@@H](c1ccc(Cl)cc1)[C@H](C)N(C)C(=O)NCc1cnn(C)c1. The average Bonchev–Trinajstić information content (AvgIpc) is 2.96. The fourth-order valence-corrected chi connectivity index (χ4v) is 2.56. The van der Waals surface area contributed by atoms with Gasteiger partial charge in [-0.15, -0.1) is 0 Å². The third-order valence-electron chi connectivity index (χ3n) is 4.25. The highest BCUT2D eigenvalue weighted by molar-refractivity contribution is 6.30. The number of hydrogen-bond donors (Lipinski definition) is 1. The Kier molecular flexibility index (Phi) is 5.66. The van der Waals surface area contributed by atoms with E-state index >= 15 is 0 Å². The molecule has 1 aromatic heterocycles. The Bertz CT molecular complexity index is 653. The molecule has 0 aliphatic rings. The molecule has 124 valence electrons. The Morgan fingerprint density at radius 1 is 1.35 bits per heavy atom. The summed E-state index contributed by atoms with van der Waals surface area (Å²) in [5, 5.41) is 7.73. The van der Waals surface area contributed by atoms with Gasteiger partial charge in [-0.25, -0.2) is 4.79 Å². The van der Waals surface area contributed by atoms with Crippen molar-refractivity contribution in [3.8, 4) is 0 Å². The van der Waals surface area contributed by atoms with E-state index in [-0.39, 0.29) is 18.0 Å². The van der Waals surface area contributed by atoms with Gasteiger partial charge in [-0.05, 0) is 24.6 Å². The minimum atomic E-state index is -0.0952. The van der Waals surface area contributed by atoms with E-state index < -0.39 is 0 Å². The average molecular weight is 335 g/mol. The molecule has 2 aromatic rings. The van der Waals surface area contributed by atoms with Crippen LogP contribution in [0, 0.1) is 0 Å². The second kappa shape index (κ2) is 7.51. The molecule has 2 rings (SSSR count). The number of aryl methyl sites for hydroxylation is 1. The molecule has 1 N–H and O–H groups in total. The summed E-state index contributed by atoms with van der Waals surface area (Å²) in [6.45, 7) is 4.63. The summed E-state index contributed by atoms with van der Waals surface area (Å²) >= 11 is 5.93. The normalized spacial score (nSPS) is 13.4. The molecular weight excluding hydrogens is 312 g/mol. The van der Waals surface area contributed by atoms with Crippen LogP contribution >= 0.6 is 11.6 Å². The molecule has 0 fully saturated rings. The van der Waals surface area contributed by atoms with Crippen molar-refractivity contribution in [1.29, 1.82) is 0 Å². The van der Waals surface area contributed by atoms with E-state index in [9.17, 15) is 4.79 Å². The molecule has 0 bridgehead atoms. The first-order chi connectivity index (χ1) is 10.9. The van der Waals surface area contributed by atoms with Gasteiger partial charge < -0.3 is 10.2 Å². The molecule has 0 aliphatic heterocycles. The molecule has 0 saturated carbocycles. The Hall–Kier alpha value is -2.01. The highest BCUT2D eigenvalue weighted by atomic mass is 35.5. The third-order valence-corrected chi connectivity index (χ3v) is 4.50. The van der Waals surface area contributed by atoms with Crippen molar-refractivity contribution >= 4 is 17.6 Å². The predicted octanol–water partition coefficient (Wildman–Crippen LogP) is 3.41. The van der Waals surface area contributed by atoms with Crippen LogP contribution in [0.3, 0.4) is 0 Å². The molecular formula is C17H23ClN4O. The van der Waals surface area contributed by atoms with Crippen LogP contribution < -0.4 is 5.32 Å². The molecule has 0 radical (unpaired) electrons. The number of carbonyl (C=O) groups excluding carboxylic acids is 1. The molecule has 1 heterocycles. The molecule has 0 spiro atoms. The predicted molar refractivity (Wildman–Crippen MR) is 92.5 cm³/mol. The maximum atomic E-state index is 12.3. The number of aromatic nitrogens is 2. The van der Waals surface area contributed by atoms with Gasteiger partial charge in [-0.3, -0.25) is 4.68 Å². The number of urea groups is 1. The van der Waals surface area contributed by atoms with Gasteiger partial charge in [-0.2, -0.15) is 5.10 Å². The van der Waals surface area contributed by atoms with Crippen molar-refractivity contribution < 1.29 is 4.79 Å². The van der Waals surface area contributed by atoms with Crippen molar-refractivity contribution in [3.05, 3.63) is 52.8 Å². The van der Waals surface area contributed by atoms with Gasteiger partial charge in [0.1, 0.15) is 0 Å². The zero-order valence-corrected chi connectivity index (χ0v) is 14.7. The van der Waals surface area contributed by atoms with Crippen LogP contribution in [0.25, 0.3) is 0 Å². The van der Waals surface area contributed by atoms with Crippen LogP contribution in [0.15, 0.2) is 36.7 Å². The molecule has 0 saturated heterocycles. The van der Waals surface area contributed by atoms with Gasteiger partial charge in [0.15, 0.2) is 0 Å². The van der Waals surface area contributed by atoms with Gasteiger partial charge in [0.05, 0.1) is 6.20 Å².